The summed E-state index contributed by atoms with van der Waals surface area (Å²) < 4.78 is 19.7. The van der Waals surface area contributed by atoms with Crippen molar-refractivity contribution in [1.29, 1.82) is 0 Å². The second-order valence-corrected chi connectivity index (χ2v) is 7.53. The Kier molecular flexibility index (Phi) is 4.97. The van der Waals surface area contributed by atoms with Crippen molar-refractivity contribution in [2.24, 2.45) is 0 Å². The van der Waals surface area contributed by atoms with Crippen molar-refractivity contribution in [3.8, 4) is 0 Å². The highest BCUT2D eigenvalue weighted by Gasteiger charge is 2.27. The number of hydrogen-bond donors (Lipinski definition) is 1. The van der Waals surface area contributed by atoms with Crippen molar-refractivity contribution >= 4 is 5.95 Å². The van der Waals surface area contributed by atoms with E-state index >= 15 is 0 Å². The van der Waals surface area contributed by atoms with E-state index in [0.717, 1.165) is 17.8 Å². The van der Waals surface area contributed by atoms with Crippen molar-refractivity contribution in [3.05, 3.63) is 57.3 Å². The number of morpholine rings is 1. The summed E-state index contributed by atoms with van der Waals surface area (Å²) in [5, 5.41) is 0. The van der Waals surface area contributed by atoms with Gasteiger partial charge >= 0.3 is 0 Å². The maximum atomic E-state index is 14.0. The lowest BCUT2D eigenvalue weighted by Crippen LogP contribution is -2.47. The maximum absolute atomic E-state index is 14.0. The molecular formula is C20H25FN4O2. The molecular weight excluding hydrogens is 347 g/mol. The Morgan fingerprint density at radius 1 is 1.26 bits per heavy atom. The largest absolute Gasteiger partial charge is 0.372 e. The molecule has 1 N–H and O–H groups in total. The lowest BCUT2D eigenvalue weighted by Gasteiger charge is -2.36. The molecule has 2 aliphatic rings. The third-order valence-electron chi connectivity index (χ3n) is 5.21. The highest BCUT2D eigenvalue weighted by atomic mass is 19.1. The lowest BCUT2D eigenvalue weighted by molar-refractivity contribution is -0.00576. The highest BCUT2D eigenvalue weighted by Crippen LogP contribution is 2.21. The number of ether oxygens (including phenoxy) is 1. The molecule has 1 aromatic carbocycles. The lowest BCUT2D eigenvalue weighted by atomic mass is 10.1. The molecule has 0 unspecified atom stereocenters. The summed E-state index contributed by atoms with van der Waals surface area (Å²) in [5.41, 5.74) is 2.15. The van der Waals surface area contributed by atoms with E-state index in [0.29, 0.717) is 44.1 Å². The van der Waals surface area contributed by atoms with E-state index < -0.39 is 0 Å². The Hall–Kier alpha value is -2.25. The molecule has 27 heavy (non-hydrogen) atoms. The van der Waals surface area contributed by atoms with Crippen molar-refractivity contribution in [2.45, 2.75) is 45.6 Å². The monoisotopic (exact) mass is 372 g/mol. The quantitative estimate of drug-likeness (QED) is 0.894. The number of anilines is 1. The molecule has 0 amide bonds. The molecule has 2 atom stereocenters. The average molecular weight is 372 g/mol. The second kappa shape index (κ2) is 7.40. The SMILES string of the molecule is C[C@@H]1CN(c2nc3c(c(=O)[nH]2)CCN(Cc2ccccc2F)C3)C[C@@H](C)O1. The molecule has 0 saturated carbocycles. The van der Waals surface area contributed by atoms with Gasteiger partial charge in [0.05, 0.1) is 17.9 Å². The molecule has 6 nitrogen and oxygen atoms in total. The van der Waals surface area contributed by atoms with Gasteiger partial charge in [-0.25, -0.2) is 9.37 Å². The molecule has 1 saturated heterocycles. The Balaban J connectivity index is 1.56. The van der Waals surface area contributed by atoms with Crippen LogP contribution in [-0.4, -0.2) is 46.7 Å². The van der Waals surface area contributed by atoms with Crippen molar-refractivity contribution in [2.75, 3.05) is 24.5 Å². The number of aromatic nitrogens is 2. The van der Waals surface area contributed by atoms with E-state index in [4.69, 9.17) is 9.72 Å². The Morgan fingerprint density at radius 3 is 2.74 bits per heavy atom. The third-order valence-corrected chi connectivity index (χ3v) is 5.21. The van der Waals surface area contributed by atoms with Crippen LogP contribution in [0.5, 0.6) is 0 Å². The van der Waals surface area contributed by atoms with E-state index in [2.05, 4.69) is 14.8 Å². The molecule has 4 rings (SSSR count). The summed E-state index contributed by atoms with van der Waals surface area (Å²) in [4.78, 5) is 24.5. The smallest absolute Gasteiger partial charge is 0.255 e. The van der Waals surface area contributed by atoms with Crippen molar-refractivity contribution in [3.63, 3.8) is 0 Å². The van der Waals surface area contributed by atoms with Gasteiger partial charge in [0, 0.05) is 43.9 Å². The number of hydrogen-bond acceptors (Lipinski definition) is 5. The second-order valence-electron chi connectivity index (χ2n) is 7.53. The van der Waals surface area contributed by atoms with Crippen LogP contribution in [0.3, 0.4) is 0 Å². The van der Waals surface area contributed by atoms with Crippen LogP contribution in [0.25, 0.3) is 0 Å². The van der Waals surface area contributed by atoms with Gasteiger partial charge in [0.2, 0.25) is 5.95 Å². The van der Waals surface area contributed by atoms with E-state index in [1.807, 2.05) is 19.9 Å². The molecule has 144 valence electrons. The van der Waals surface area contributed by atoms with Crippen LogP contribution in [-0.2, 0) is 24.2 Å². The zero-order valence-corrected chi connectivity index (χ0v) is 15.7. The molecule has 7 heteroatoms. The first-order valence-electron chi connectivity index (χ1n) is 9.48. The van der Waals surface area contributed by atoms with Crippen LogP contribution in [0.15, 0.2) is 29.1 Å². The fourth-order valence-corrected chi connectivity index (χ4v) is 3.98. The predicted octanol–water partition coefficient (Wildman–Crippen LogP) is 2.08. The van der Waals surface area contributed by atoms with Gasteiger partial charge in [-0.05, 0) is 26.3 Å². The summed E-state index contributed by atoms with van der Waals surface area (Å²) in [6.45, 7) is 7.23. The van der Waals surface area contributed by atoms with Crippen LogP contribution >= 0.6 is 0 Å². The van der Waals surface area contributed by atoms with Crippen LogP contribution < -0.4 is 10.5 Å². The first-order valence-corrected chi connectivity index (χ1v) is 9.48. The number of rotatable bonds is 3. The van der Waals surface area contributed by atoms with Crippen molar-refractivity contribution < 1.29 is 9.13 Å². The van der Waals surface area contributed by atoms with Crippen LogP contribution in [0, 0.1) is 5.82 Å². The van der Waals surface area contributed by atoms with Crippen LogP contribution in [0.4, 0.5) is 10.3 Å². The van der Waals surface area contributed by atoms with Gasteiger partial charge in [-0.2, -0.15) is 0 Å². The number of nitrogens with zero attached hydrogens (tertiary/aromatic N) is 3. The zero-order valence-electron chi connectivity index (χ0n) is 15.7. The summed E-state index contributed by atoms with van der Waals surface area (Å²) >= 11 is 0. The van der Waals surface area contributed by atoms with Crippen LogP contribution in [0.1, 0.15) is 30.7 Å². The third kappa shape index (κ3) is 3.89. The summed E-state index contributed by atoms with van der Waals surface area (Å²) in [6, 6.07) is 6.83. The molecule has 2 aromatic rings. The van der Waals surface area contributed by atoms with Crippen LogP contribution in [0.2, 0.25) is 0 Å². The number of benzene rings is 1. The minimum Gasteiger partial charge on any atom is -0.372 e. The molecule has 1 fully saturated rings. The van der Waals surface area contributed by atoms with Gasteiger partial charge in [-0.3, -0.25) is 14.7 Å². The van der Waals surface area contributed by atoms with Gasteiger partial charge in [0.15, 0.2) is 0 Å². The van der Waals surface area contributed by atoms with E-state index in [9.17, 15) is 9.18 Å². The van der Waals surface area contributed by atoms with E-state index in [-0.39, 0.29) is 23.6 Å². The Labute approximate surface area is 158 Å². The minimum absolute atomic E-state index is 0.0626. The van der Waals surface area contributed by atoms with Gasteiger partial charge in [0.25, 0.3) is 5.56 Å². The molecule has 0 spiro atoms. The summed E-state index contributed by atoms with van der Waals surface area (Å²) in [5.74, 6) is 0.410. The number of halogens is 1. The van der Waals surface area contributed by atoms with Gasteiger partial charge in [0.1, 0.15) is 5.82 Å². The zero-order chi connectivity index (χ0) is 19.0. The van der Waals surface area contributed by atoms with E-state index in [1.54, 1.807) is 12.1 Å². The first-order chi connectivity index (χ1) is 13.0. The fourth-order valence-electron chi connectivity index (χ4n) is 3.98. The molecule has 1 aromatic heterocycles. The molecule has 0 bridgehead atoms. The van der Waals surface area contributed by atoms with E-state index in [1.165, 1.54) is 6.07 Å². The Bertz CT molecular complexity index is 875. The average Bonchev–Trinajstić information content (AvgIpc) is 2.62. The minimum atomic E-state index is -0.195. The first kappa shape index (κ1) is 18.1. The topological polar surface area (TPSA) is 61.5 Å². The fraction of sp³-hybridized carbons (Fsp3) is 0.500. The van der Waals surface area contributed by atoms with Crippen molar-refractivity contribution in [1.82, 2.24) is 14.9 Å². The van der Waals surface area contributed by atoms with Gasteiger partial charge < -0.3 is 9.64 Å². The normalized spacial score (nSPS) is 23.3. The number of H-pyrrole nitrogens is 1. The Morgan fingerprint density at radius 2 is 2.00 bits per heavy atom. The molecule has 2 aliphatic heterocycles. The molecule has 3 heterocycles. The van der Waals surface area contributed by atoms with Gasteiger partial charge in [-0.1, -0.05) is 18.2 Å². The molecule has 0 aliphatic carbocycles. The number of fused-ring (bicyclic) bond motifs is 1. The number of nitrogens with one attached hydrogen (secondary N) is 1. The number of aromatic amines is 1. The summed E-state index contributed by atoms with van der Waals surface area (Å²) in [7, 11) is 0. The molecule has 0 radical (unpaired) electrons. The summed E-state index contributed by atoms with van der Waals surface area (Å²) in [6.07, 6.45) is 0.808. The predicted molar refractivity (Wildman–Crippen MR) is 101 cm³/mol. The van der Waals surface area contributed by atoms with Gasteiger partial charge in [-0.15, -0.1) is 0 Å². The standard InChI is InChI=1S/C20H25FN4O2/c1-13-9-25(10-14(2)27-13)20-22-18-12-24(8-7-16(18)19(26)23-20)11-15-5-3-4-6-17(15)21/h3-6,13-14H,7-12H2,1-2H3,(H,22,23,26)/t13-,14-/m1/s1. The maximum Gasteiger partial charge on any atom is 0.255 e. The highest BCUT2D eigenvalue weighted by molar-refractivity contribution is 5.35.